The van der Waals surface area contributed by atoms with Crippen molar-refractivity contribution in [1.29, 1.82) is 0 Å². The fourth-order valence-corrected chi connectivity index (χ4v) is 2.10. The standard InChI is InChI=1S/C11H17N3O2/c15-8-9-2-1-5-14(7-9)11(16)6-10-3-4-12-13-10/h3-4,9,15H,1-2,5-8H2,(H,12,13). The molecule has 0 radical (unpaired) electrons. The first kappa shape index (κ1) is 11.1. The molecule has 0 aliphatic carbocycles. The second-order valence-electron chi connectivity index (χ2n) is 4.29. The Bertz CT molecular complexity index is 337. The summed E-state index contributed by atoms with van der Waals surface area (Å²) in [6.07, 6.45) is 4.03. The number of likely N-dealkylation sites (tertiary alicyclic amines) is 1. The highest BCUT2D eigenvalue weighted by atomic mass is 16.3. The summed E-state index contributed by atoms with van der Waals surface area (Å²) in [5.74, 6) is 0.363. The Morgan fingerprint density at radius 3 is 3.25 bits per heavy atom. The van der Waals surface area contributed by atoms with Crippen LogP contribution < -0.4 is 0 Å². The maximum atomic E-state index is 11.9. The number of aromatic nitrogens is 2. The lowest BCUT2D eigenvalue weighted by atomic mass is 9.99. The first-order valence-corrected chi connectivity index (χ1v) is 5.66. The minimum atomic E-state index is 0.113. The number of carbonyl (C=O) groups excluding carboxylic acids is 1. The summed E-state index contributed by atoms with van der Waals surface area (Å²) in [5.41, 5.74) is 0.844. The van der Waals surface area contributed by atoms with Crippen molar-refractivity contribution < 1.29 is 9.90 Å². The number of nitrogens with zero attached hydrogens (tertiary/aromatic N) is 2. The molecule has 2 heterocycles. The van der Waals surface area contributed by atoms with Crippen LogP contribution in [0.4, 0.5) is 0 Å². The highest BCUT2D eigenvalue weighted by Crippen LogP contribution is 2.16. The average molecular weight is 223 g/mol. The van der Waals surface area contributed by atoms with Crippen LogP contribution >= 0.6 is 0 Å². The Morgan fingerprint density at radius 1 is 1.69 bits per heavy atom. The molecule has 1 aliphatic heterocycles. The number of H-pyrrole nitrogens is 1. The van der Waals surface area contributed by atoms with Gasteiger partial charge in [0.1, 0.15) is 0 Å². The highest BCUT2D eigenvalue weighted by molar-refractivity contribution is 5.78. The molecule has 0 aromatic carbocycles. The number of hydrogen-bond donors (Lipinski definition) is 2. The van der Waals surface area contributed by atoms with Crippen LogP contribution in [0, 0.1) is 5.92 Å². The van der Waals surface area contributed by atoms with Gasteiger partial charge >= 0.3 is 0 Å². The quantitative estimate of drug-likeness (QED) is 0.768. The Morgan fingerprint density at radius 2 is 2.56 bits per heavy atom. The zero-order valence-electron chi connectivity index (χ0n) is 9.22. The molecule has 2 N–H and O–H groups in total. The first-order chi connectivity index (χ1) is 7.79. The maximum Gasteiger partial charge on any atom is 0.228 e. The van der Waals surface area contributed by atoms with Crippen LogP contribution in [0.3, 0.4) is 0 Å². The molecule has 88 valence electrons. The van der Waals surface area contributed by atoms with E-state index in [-0.39, 0.29) is 18.4 Å². The van der Waals surface area contributed by atoms with E-state index in [0.29, 0.717) is 13.0 Å². The van der Waals surface area contributed by atoms with Gasteiger partial charge in [-0.1, -0.05) is 0 Å². The number of aliphatic hydroxyl groups is 1. The van der Waals surface area contributed by atoms with Crippen LogP contribution in [0.25, 0.3) is 0 Å². The van der Waals surface area contributed by atoms with Crippen LogP contribution in [-0.2, 0) is 11.2 Å². The zero-order chi connectivity index (χ0) is 11.4. The molecule has 1 saturated heterocycles. The molecule has 1 unspecified atom stereocenters. The van der Waals surface area contributed by atoms with Gasteiger partial charge in [-0.2, -0.15) is 5.10 Å². The minimum absolute atomic E-state index is 0.113. The predicted molar refractivity (Wildman–Crippen MR) is 58.7 cm³/mol. The van der Waals surface area contributed by atoms with Gasteiger partial charge in [-0.25, -0.2) is 0 Å². The van der Waals surface area contributed by atoms with E-state index in [1.54, 1.807) is 6.20 Å². The summed E-state index contributed by atoms with van der Waals surface area (Å²) in [7, 11) is 0. The lowest BCUT2D eigenvalue weighted by Gasteiger charge is -2.31. The van der Waals surface area contributed by atoms with Gasteiger partial charge in [0.15, 0.2) is 0 Å². The third-order valence-electron chi connectivity index (χ3n) is 3.03. The van der Waals surface area contributed by atoms with Gasteiger partial charge in [0.2, 0.25) is 5.91 Å². The topological polar surface area (TPSA) is 69.2 Å². The Balaban J connectivity index is 1.89. The second-order valence-corrected chi connectivity index (χ2v) is 4.29. The van der Waals surface area contributed by atoms with Gasteiger partial charge < -0.3 is 10.0 Å². The molecule has 2 rings (SSSR count). The molecule has 1 atom stereocenters. The number of rotatable bonds is 3. The Kier molecular flexibility index (Phi) is 3.56. The molecule has 0 bridgehead atoms. The number of nitrogens with one attached hydrogen (secondary N) is 1. The van der Waals surface area contributed by atoms with Gasteiger partial charge in [-0.15, -0.1) is 0 Å². The van der Waals surface area contributed by atoms with E-state index < -0.39 is 0 Å². The van der Waals surface area contributed by atoms with Crippen molar-refractivity contribution in [3.05, 3.63) is 18.0 Å². The monoisotopic (exact) mass is 223 g/mol. The maximum absolute atomic E-state index is 11.9. The van der Waals surface area contributed by atoms with Crippen LogP contribution in [0.5, 0.6) is 0 Å². The molecular formula is C11H17N3O2. The van der Waals surface area contributed by atoms with Crippen molar-refractivity contribution in [2.24, 2.45) is 5.92 Å². The Labute approximate surface area is 94.5 Å². The number of hydrogen-bond acceptors (Lipinski definition) is 3. The zero-order valence-corrected chi connectivity index (χ0v) is 9.22. The predicted octanol–water partition coefficient (Wildman–Crippen LogP) is 0.183. The molecule has 5 nitrogen and oxygen atoms in total. The summed E-state index contributed by atoms with van der Waals surface area (Å²) < 4.78 is 0. The van der Waals surface area contributed by atoms with E-state index in [0.717, 1.165) is 25.1 Å². The lowest BCUT2D eigenvalue weighted by molar-refractivity contribution is -0.132. The third-order valence-corrected chi connectivity index (χ3v) is 3.03. The smallest absolute Gasteiger partial charge is 0.228 e. The normalized spacial score (nSPS) is 21.1. The van der Waals surface area contributed by atoms with E-state index in [4.69, 9.17) is 5.11 Å². The van der Waals surface area contributed by atoms with Crippen LogP contribution in [-0.4, -0.2) is 45.8 Å². The number of carbonyl (C=O) groups is 1. The van der Waals surface area contributed by atoms with Gasteiger partial charge in [0, 0.05) is 31.6 Å². The van der Waals surface area contributed by atoms with Gasteiger partial charge in [0.05, 0.1) is 6.42 Å². The van der Waals surface area contributed by atoms with Gasteiger partial charge in [-0.3, -0.25) is 9.89 Å². The molecule has 1 aliphatic rings. The Hall–Kier alpha value is -1.36. The third kappa shape index (κ3) is 2.61. The molecule has 1 aromatic rings. The number of aliphatic hydroxyl groups excluding tert-OH is 1. The van der Waals surface area contributed by atoms with E-state index in [2.05, 4.69) is 10.2 Å². The molecule has 1 aromatic heterocycles. The van der Waals surface area contributed by atoms with E-state index in [1.807, 2.05) is 11.0 Å². The minimum Gasteiger partial charge on any atom is -0.396 e. The van der Waals surface area contributed by atoms with Gasteiger partial charge in [0.25, 0.3) is 0 Å². The molecular weight excluding hydrogens is 206 g/mol. The molecule has 0 spiro atoms. The summed E-state index contributed by atoms with van der Waals surface area (Å²) in [6.45, 7) is 1.67. The van der Waals surface area contributed by atoms with Crippen molar-refractivity contribution in [3.63, 3.8) is 0 Å². The lowest BCUT2D eigenvalue weighted by Crippen LogP contribution is -2.41. The summed E-state index contributed by atoms with van der Waals surface area (Å²) in [6, 6.07) is 1.81. The number of piperidine rings is 1. The highest BCUT2D eigenvalue weighted by Gasteiger charge is 2.23. The fraction of sp³-hybridized carbons (Fsp3) is 0.636. The van der Waals surface area contributed by atoms with E-state index >= 15 is 0 Å². The van der Waals surface area contributed by atoms with Crippen molar-refractivity contribution in [3.8, 4) is 0 Å². The van der Waals surface area contributed by atoms with Crippen LogP contribution in [0.2, 0.25) is 0 Å². The van der Waals surface area contributed by atoms with Crippen molar-refractivity contribution >= 4 is 5.91 Å². The number of aromatic amines is 1. The summed E-state index contributed by atoms with van der Waals surface area (Å²) >= 11 is 0. The molecule has 0 saturated carbocycles. The largest absolute Gasteiger partial charge is 0.396 e. The average Bonchev–Trinajstić information content (AvgIpc) is 2.82. The summed E-state index contributed by atoms with van der Waals surface area (Å²) in [4.78, 5) is 13.8. The molecule has 1 amide bonds. The summed E-state index contributed by atoms with van der Waals surface area (Å²) in [5, 5.41) is 15.7. The number of amides is 1. The SMILES string of the molecule is O=C(Cc1ccn[nH]1)N1CCCC(CO)C1. The van der Waals surface area contributed by atoms with Crippen molar-refractivity contribution in [1.82, 2.24) is 15.1 Å². The second kappa shape index (κ2) is 5.12. The van der Waals surface area contributed by atoms with Crippen molar-refractivity contribution in [2.45, 2.75) is 19.3 Å². The first-order valence-electron chi connectivity index (χ1n) is 5.66. The van der Waals surface area contributed by atoms with E-state index in [1.165, 1.54) is 0 Å². The van der Waals surface area contributed by atoms with Crippen LogP contribution in [0.15, 0.2) is 12.3 Å². The van der Waals surface area contributed by atoms with Gasteiger partial charge in [-0.05, 0) is 24.8 Å². The molecule has 5 heteroatoms. The van der Waals surface area contributed by atoms with E-state index in [9.17, 15) is 4.79 Å². The molecule has 1 fully saturated rings. The molecule has 16 heavy (non-hydrogen) atoms. The van der Waals surface area contributed by atoms with Crippen LogP contribution in [0.1, 0.15) is 18.5 Å². The fourth-order valence-electron chi connectivity index (χ4n) is 2.10. The van der Waals surface area contributed by atoms with Crippen molar-refractivity contribution in [2.75, 3.05) is 19.7 Å².